The molecule has 1 spiro atoms. The molecule has 0 bridgehead atoms. The highest BCUT2D eigenvalue weighted by atomic mass is 15.1. The zero-order valence-electron chi connectivity index (χ0n) is 38.3. The monoisotopic (exact) mass is 829 g/mol. The minimum absolute atomic E-state index is 0.0717. The summed E-state index contributed by atoms with van der Waals surface area (Å²) in [5.41, 5.74) is 22.3. The van der Waals surface area contributed by atoms with E-state index < -0.39 is 0 Å². The zero-order chi connectivity index (χ0) is 43.7. The van der Waals surface area contributed by atoms with E-state index in [-0.39, 0.29) is 10.8 Å². The van der Waals surface area contributed by atoms with Crippen molar-refractivity contribution in [1.29, 1.82) is 0 Å². The molecule has 4 atom stereocenters. The van der Waals surface area contributed by atoms with Gasteiger partial charge in [-0.25, -0.2) is 0 Å². The molecule has 0 aromatic heterocycles. The van der Waals surface area contributed by atoms with Crippen LogP contribution in [0, 0.1) is 23.7 Å². The molecule has 316 valence electrons. The molecule has 1 nitrogen and oxygen atoms in total. The van der Waals surface area contributed by atoms with Crippen molar-refractivity contribution in [3.8, 4) is 55.6 Å². The van der Waals surface area contributed by atoms with Gasteiger partial charge < -0.3 is 4.90 Å². The van der Waals surface area contributed by atoms with E-state index in [4.69, 9.17) is 0 Å². The Hall–Kier alpha value is -6.44. The van der Waals surface area contributed by atoms with Gasteiger partial charge in [0, 0.05) is 27.9 Å². The Bertz CT molecular complexity index is 2910. The zero-order valence-corrected chi connectivity index (χ0v) is 38.3. The van der Waals surface area contributed by atoms with Gasteiger partial charge in [-0.05, 0) is 169 Å². The predicted molar refractivity (Wildman–Crippen MR) is 272 cm³/mol. The minimum Gasteiger partial charge on any atom is -0.310 e. The highest BCUT2D eigenvalue weighted by Crippen LogP contribution is 2.63. The van der Waals surface area contributed by atoms with Gasteiger partial charge in [0.05, 0.1) is 0 Å². The van der Waals surface area contributed by atoms with Crippen LogP contribution in [0.1, 0.15) is 83.1 Å². The van der Waals surface area contributed by atoms with Crippen LogP contribution in [0.3, 0.4) is 0 Å². The smallest absolute Gasteiger partial charge is 0.0465 e. The molecular weight excluding hydrogens is 771 g/mol. The summed E-state index contributed by atoms with van der Waals surface area (Å²) in [4.78, 5) is 2.42. The summed E-state index contributed by atoms with van der Waals surface area (Å²) in [5, 5.41) is 0. The van der Waals surface area contributed by atoms with Crippen LogP contribution in [-0.4, -0.2) is 0 Å². The van der Waals surface area contributed by atoms with Crippen LogP contribution < -0.4 is 4.90 Å². The van der Waals surface area contributed by atoms with Crippen molar-refractivity contribution < 1.29 is 0 Å². The first-order valence-corrected chi connectivity index (χ1v) is 23.8. The van der Waals surface area contributed by atoms with Crippen molar-refractivity contribution >= 4 is 17.1 Å². The third-order valence-electron chi connectivity index (χ3n) is 15.5. The van der Waals surface area contributed by atoms with E-state index in [1.54, 1.807) is 11.1 Å². The Morgan fingerprint density at radius 3 is 1.53 bits per heavy atom. The first-order valence-electron chi connectivity index (χ1n) is 23.8. The summed E-state index contributed by atoms with van der Waals surface area (Å²) >= 11 is 0. The maximum Gasteiger partial charge on any atom is 0.0465 e. The van der Waals surface area contributed by atoms with Gasteiger partial charge in [0.2, 0.25) is 0 Å². The summed E-state index contributed by atoms with van der Waals surface area (Å²) in [5.74, 6) is 2.67. The van der Waals surface area contributed by atoms with Crippen LogP contribution in [0.2, 0.25) is 0 Å². The van der Waals surface area contributed by atoms with Crippen molar-refractivity contribution in [2.45, 2.75) is 71.6 Å². The van der Waals surface area contributed by atoms with Crippen LogP contribution in [0.25, 0.3) is 55.6 Å². The first-order chi connectivity index (χ1) is 31.1. The number of hydrogen-bond donors (Lipinski definition) is 0. The number of rotatable bonds is 8. The normalized spacial score (nSPS) is 20.1. The second-order valence-corrected chi connectivity index (χ2v) is 20.3. The first kappa shape index (κ1) is 40.3. The molecular formula is C63H59N. The summed E-state index contributed by atoms with van der Waals surface area (Å²) in [7, 11) is 0. The predicted octanol–water partition coefficient (Wildman–Crippen LogP) is 17.5. The fourth-order valence-corrected chi connectivity index (χ4v) is 12.7. The summed E-state index contributed by atoms with van der Waals surface area (Å²) < 4.78 is 0. The van der Waals surface area contributed by atoms with E-state index in [1.165, 1.54) is 86.0 Å². The molecule has 3 aliphatic rings. The van der Waals surface area contributed by atoms with E-state index >= 15 is 0 Å². The van der Waals surface area contributed by atoms with Crippen molar-refractivity contribution in [3.05, 3.63) is 210 Å². The third kappa shape index (κ3) is 6.50. The molecule has 1 saturated carbocycles. The number of nitrogens with zero attached hydrogens (tertiary/aromatic N) is 1. The fraction of sp³-hybridized carbons (Fsp3) is 0.238. The quantitative estimate of drug-likeness (QED) is 0.147. The topological polar surface area (TPSA) is 3.24 Å². The Labute approximate surface area is 381 Å². The van der Waals surface area contributed by atoms with Crippen molar-refractivity contribution in [2.24, 2.45) is 23.7 Å². The Morgan fingerprint density at radius 1 is 0.438 bits per heavy atom. The van der Waals surface area contributed by atoms with E-state index in [0.717, 1.165) is 23.0 Å². The van der Waals surface area contributed by atoms with Gasteiger partial charge in [0.15, 0.2) is 0 Å². The molecule has 0 amide bonds. The lowest BCUT2D eigenvalue weighted by atomic mass is 9.53. The van der Waals surface area contributed by atoms with Gasteiger partial charge in [-0.1, -0.05) is 181 Å². The molecule has 0 heterocycles. The number of anilines is 3. The van der Waals surface area contributed by atoms with Gasteiger partial charge in [-0.15, -0.1) is 0 Å². The Morgan fingerprint density at radius 2 is 0.906 bits per heavy atom. The van der Waals surface area contributed by atoms with Gasteiger partial charge >= 0.3 is 0 Å². The van der Waals surface area contributed by atoms with Crippen molar-refractivity contribution in [1.82, 2.24) is 0 Å². The van der Waals surface area contributed by atoms with Gasteiger partial charge in [-0.3, -0.25) is 0 Å². The molecule has 8 aromatic rings. The molecule has 4 unspecified atom stereocenters. The van der Waals surface area contributed by atoms with Crippen LogP contribution in [0.5, 0.6) is 0 Å². The van der Waals surface area contributed by atoms with Crippen molar-refractivity contribution in [3.63, 3.8) is 0 Å². The third-order valence-corrected chi connectivity index (χ3v) is 15.5. The summed E-state index contributed by atoms with van der Waals surface area (Å²) in [6.45, 7) is 14.7. The number of benzene rings is 8. The highest BCUT2D eigenvalue weighted by molar-refractivity contribution is 5.90. The lowest BCUT2D eigenvalue weighted by Crippen LogP contribution is -2.46. The Kier molecular flexibility index (Phi) is 9.88. The SMILES string of the molecule is CC(C)CC1CC(C)CC(C)C12c1ccccc1-c1cc(-c3ccc4c(c3)C(C)(C)c3cc(N(c5ccc(-c6ccccc6)cc5)c5ccc(-c6ccccc6)cc5)ccc3-4)ccc12. The summed E-state index contributed by atoms with van der Waals surface area (Å²) in [6, 6.07) is 70.8. The van der Waals surface area contributed by atoms with E-state index in [9.17, 15) is 0 Å². The molecule has 3 aliphatic carbocycles. The fourth-order valence-electron chi connectivity index (χ4n) is 12.7. The van der Waals surface area contributed by atoms with Gasteiger partial charge in [-0.2, -0.15) is 0 Å². The van der Waals surface area contributed by atoms with E-state index in [2.05, 4.69) is 234 Å². The number of hydrogen-bond acceptors (Lipinski definition) is 1. The minimum atomic E-state index is -0.192. The average molecular weight is 830 g/mol. The molecule has 1 fully saturated rings. The molecule has 8 aromatic carbocycles. The Balaban J connectivity index is 0.969. The van der Waals surface area contributed by atoms with Crippen LogP contribution in [0.15, 0.2) is 188 Å². The van der Waals surface area contributed by atoms with E-state index in [1.807, 2.05) is 0 Å². The highest BCUT2D eigenvalue weighted by Gasteiger charge is 2.54. The molecule has 0 N–H and O–H groups in total. The molecule has 11 rings (SSSR count). The van der Waals surface area contributed by atoms with Crippen LogP contribution in [0.4, 0.5) is 17.1 Å². The summed E-state index contributed by atoms with van der Waals surface area (Å²) in [6.07, 6.45) is 3.86. The maximum atomic E-state index is 2.55. The van der Waals surface area contributed by atoms with Crippen molar-refractivity contribution in [2.75, 3.05) is 4.90 Å². The second kappa shape index (κ2) is 15.7. The molecule has 0 aliphatic heterocycles. The van der Waals surface area contributed by atoms with E-state index in [0.29, 0.717) is 17.8 Å². The van der Waals surface area contributed by atoms with Gasteiger partial charge in [0.25, 0.3) is 0 Å². The van der Waals surface area contributed by atoms with Crippen LogP contribution in [-0.2, 0) is 10.8 Å². The maximum absolute atomic E-state index is 2.55. The largest absolute Gasteiger partial charge is 0.310 e. The lowest BCUT2D eigenvalue weighted by molar-refractivity contribution is 0.101. The van der Waals surface area contributed by atoms with Crippen LogP contribution >= 0.6 is 0 Å². The number of fused-ring (bicyclic) bond motifs is 8. The average Bonchev–Trinajstić information content (AvgIpc) is 3.74. The molecule has 0 saturated heterocycles. The molecule has 64 heavy (non-hydrogen) atoms. The second-order valence-electron chi connectivity index (χ2n) is 20.3. The lowest BCUT2D eigenvalue weighted by Gasteiger charge is -2.51. The van der Waals surface area contributed by atoms with Gasteiger partial charge in [0.1, 0.15) is 0 Å². The standard InChI is InChI=1S/C63H59N/c1-41(2)35-50-37-42(3)36-43(4)63(50)58-20-14-13-19-54(58)57-38-48(26-34-59(57)63)49-25-32-55-56-33-31-53(40-61(56)62(5,6)60(55)39-49)64(51-27-21-46(22-28-51)44-15-9-7-10-16-44)52-29-23-47(24-30-52)45-17-11-8-12-18-45/h7-34,38-43,50H,35-37H2,1-6H3. The molecule has 1 heteroatoms. The molecule has 0 radical (unpaired) electrons.